The van der Waals surface area contributed by atoms with E-state index in [9.17, 15) is 34.5 Å². The van der Waals surface area contributed by atoms with Crippen LogP contribution in [0.5, 0.6) is 11.5 Å². The summed E-state index contributed by atoms with van der Waals surface area (Å²) in [6.45, 7) is 7.04. The number of ether oxygens (including phenoxy) is 2. The molecule has 17 heteroatoms. The van der Waals surface area contributed by atoms with Crippen LogP contribution in [-0.4, -0.2) is 75.8 Å². The van der Waals surface area contributed by atoms with E-state index in [1.807, 2.05) is 24.3 Å². The first-order valence-corrected chi connectivity index (χ1v) is 21.0. The number of aromatic nitrogens is 5. The maximum absolute atomic E-state index is 15.4. The Morgan fingerprint density at radius 3 is 2.54 bits per heavy atom. The van der Waals surface area contributed by atoms with Crippen molar-refractivity contribution in [3.05, 3.63) is 120 Å². The van der Waals surface area contributed by atoms with Gasteiger partial charge in [-0.1, -0.05) is 19.1 Å². The molecule has 0 radical (unpaired) electrons. The van der Waals surface area contributed by atoms with E-state index < -0.39 is 40.8 Å². The van der Waals surface area contributed by atoms with Crippen molar-refractivity contribution in [3.63, 3.8) is 0 Å². The molecule has 3 unspecified atom stereocenters. The number of aromatic hydroxyl groups is 2. The number of halogens is 1. The molecule has 3 aromatic carbocycles. The molecular formula is C46H42FN7O9. The quantitative estimate of drug-likeness (QED) is 0.139. The van der Waals surface area contributed by atoms with Gasteiger partial charge in [0.25, 0.3) is 5.56 Å². The maximum atomic E-state index is 15.4. The van der Waals surface area contributed by atoms with Gasteiger partial charge in [0.05, 0.1) is 46.3 Å². The lowest BCUT2D eigenvalue weighted by atomic mass is 9.81. The SMILES string of the molecule is CC[C@@]1(O)C(=O)OCc2c1cc1n(c2=O)Cc2c-1nc1cc(F)c(C)c3c1c2C(NC(=O)OC1C2CN(Cc4ccc(-n5c(-c6cc(C)c(O)cc6O)n[nH]c5=O)cc4)CC21)CC3. The van der Waals surface area contributed by atoms with Crippen LogP contribution in [0, 0.1) is 31.5 Å². The van der Waals surface area contributed by atoms with Gasteiger partial charge in [-0.15, -0.1) is 0 Å². The number of H-pyrrole nitrogens is 1. The Kier molecular flexibility index (Phi) is 8.57. The zero-order chi connectivity index (χ0) is 43.8. The third-order valence-electron chi connectivity index (χ3n) is 13.9. The Labute approximate surface area is 357 Å². The molecule has 3 aromatic heterocycles. The number of pyridine rings is 2. The predicted molar refractivity (Wildman–Crippen MR) is 224 cm³/mol. The fourth-order valence-corrected chi connectivity index (χ4v) is 10.5. The van der Waals surface area contributed by atoms with E-state index in [0.29, 0.717) is 64.2 Å². The zero-order valence-corrected chi connectivity index (χ0v) is 34.5. The van der Waals surface area contributed by atoms with E-state index in [2.05, 4.69) is 20.4 Å². The number of alkyl carbamates (subject to hydrolysis) is 1. The monoisotopic (exact) mass is 855 g/mol. The van der Waals surface area contributed by atoms with Gasteiger partial charge in [-0.3, -0.25) is 9.69 Å². The first-order valence-electron chi connectivity index (χ1n) is 21.0. The zero-order valence-electron chi connectivity index (χ0n) is 34.5. The number of piperidine rings is 1. The van der Waals surface area contributed by atoms with Crippen LogP contribution in [0.3, 0.4) is 0 Å². The number of fused-ring (bicyclic) bond motifs is 6. The minimum Gasteiger partial charge on any atom is -0.508 e. The molecule has 1 saturated heterocycles. The van der Waals surface area contributed by atoms with Gasteiger partial charge in [-0.25, -0.2) is 33.4 Å². The number of nitrogens with one attached hydrogen (secondary N) is 2. The normalized spacial score (nSPS) is 22.9. The highest BCUT2D eigenvalue weighted by atomic mass is 19.1. The molecule has 16 nitrogen and oxygen atoms in total. The van der Waals surface area contributed by atoms with Gasteiger partial charge in [0, 0.05) is 60.1 Å². The fraction of sp³-hybridized carbons (Fsp3) is 0.348. The van der Waals surface area contributed by atoms with Gasteiger partial charge in [0.15, 0.2) is 11.4 Å². The van der Waals surface area contributed by atoms with Crippen LogP contribution in [0.25, 0.3) is 39.4 Å². The minimum absolute atomic E-state index is 0.00197. The Balaban J connectivity index is 0.794. The van der Waals surface area contributed by atoms with Crippen LogP contribution >= 0.6 is 0 Å². The molecule has 2 aliphatic carbocycles. The molecule has 4 atom stereocenters. The second-order valence-corrected chi connectivity index (χ2v) is 17.4. The summed E-state index contributed by atoms with van der Waals surface area (Å²) in [7, 11) is 0. The van der Waals surface area contributed by atoms with Crippen LogP contribution in [0.1, 0.15) is 70.3 Å². The Bertz CT molecular complexity index is 3110. The molecule has 1 saturated carbocycles. The van der Waals surface area contributed by atoms with Gasteiger partial charge in [0.2, 0.25) is 0 Å². The highest BCUT2D eigenvalue weighted by Gasteiger charge is 2.58. The third kappa shape index (κ3) is 5.85. The number of amides is 1. The van der Waals surface area contributed by atoms with E-state index in [0.717, 1.165) is 35.2 Å². The van der Waals surface area contributed by atoms with Crippen LogP contribution in [0.4, 0.5) is 9.18 Å². The second kappa shape index (κ2) is 13.8. The summed E-state index contributed by atoms with van der Waals surface area (Å²) >= 11 is 0. The van der Waals surface area contributed by atoms with E-state index in [-0.39, 0.29) is 66.0 Å². The number of aromatic amines is 1. The molecule has 1 amide bonds. The average Bonchev–Trinajstić information content (AvgIpc) is 3.60. The highest BCUT2D eigenvalue weighted by molar-refractivity contribution is 5.93. The van der Waals surface area contributed by atoms with Crippen molar-refractivity contribution in [2.45, 2.75) is 77.5 Å². The summed E-state index contributed by atoms with van der Waals surface area (Å²) in [5, 5.41) is 42.3. The fourth-order valence-electron chi connectivity index (χ4n) is 10.5. The average molecular weight is 856 g/mol. The Morgan fingerprint density at radius 2 is 1.79 bits per heavy atom. The molecule has 6 heterocycles. The largest absolute Gasteiger partial charge is 0.508 e. The number of carbonyl (C=O) groups excluding carboxylic acids is 2. The number of hydrogen-bond donors (Lipinski definition) is 5. The predicted octanol–water partition coefficient (Wildman–Crippen LogP) is 4.63. The van der Waals surface area contributed by atoms with E-state index in [4.69, 9.17) is 14.5 Å². The molecule has 0 bridgehead atoms. The lowest BCUT2D eigenvalue weighted by Gasteiger charge is -2.31. The van der Waals surface area contributed by atoms with Gasteiger partial charge < -0.3 is 34.7 Å². The van der Waals surface area contributed by atoms with Crippen molar-refractivity contribution < 1.29 is 38.8 Å². The Hall–Kier alpha value is -6.85. The molecule has 5 N–H and O–H groups in total. The first kappa shape index (κ1) is 39.0. The first-order chi connectivity index (χ1) is 30.2. The van der Waals surface area contributed by atoms with Crippen LogP contribution in [0.2, 0.25) is 0 Å². The molecule has 2 fully saturated rings. The van der Waals surface area contributed by atoms with Crippen molar-refractivity contribution in [3.8, 4) is 40.0 Å². The molecule has 5 aliphatic rings. The summed E-state index contributed by atoms with van der Waals surface area (Å²) in [4.78, 5) is 60.4. The molecule has 322 valence electrons. The number of carbonyl (C=O) groups is 2. The second-order valence-electron chi connectivity index (χ2n) is 17.4. The highest BCUT2D eigenvalue weighted by Crippen LogP contribution is 2.49. The lowest BCUT2D eigenvalue weighted by molar-refractivity contribution is -0.172. The van der Waals surface area contributed by atoms with E-state index in [1.165, 1.54) is 16.7 Å². The number of aryl methyl sites for hydroxylation is 2. The van der Waals surface area contributed by atoms with Crippen molar-refractivity contribution in [1.82, 2.24) is 34.5 Å². The van der Waals surface area contributed by atoms with Gasteiger partial charge in [-0.05, 0) is 85.2 Å². The van der Waals surface area contributed by atoms with Crippen molar-refractivity contribution in [2.75, 3.05) is 13.1 Å². The summed E-state index contributed by atoms with van der Waals surface area (Å²) < 4.78 is 29.6. The Morgan fingerprint density at radius 1 is 1.03 bits per heavy atom. The summed E-state index contributed by atoms with van der Waals surface area (Å²) in [5.41, 5.74) is 3.90. The number of aliphatic hydroxyl groups is 1. The van der Waals surface area contributed by atoms with Crippen molar-refractivity contribution in [2.24, 2.45) is 11.8 Å². The third-order valence-corrected chi connectivity index (χ3v) is 13.9. The molecular weight excluding hydrogens is 814 g/mol. The topological polar surface area (TPSA) is 214 Å². The number of likely N-dealkylation sites (tertiary alicyclic amines) is 1. The number of hydrogen-bond acceptors (Lipinski definition) is 12. The minimum atomic E-state index is -2.00. The summed E-state index contributed by atoms with van der Waals surface area (Å²) in [5.74, 6) is -0.948. The number of benzene rings is 3. The van der Waals surface area contributed by atoms with Crippen molar-refractivity contribution >= 4 is 23.0 Å². The molecule has 11 rings (SSSR count). The number of phenols is 2. The number of esters is 1. The number of cyclic esters (lactones) is 1. The van der Waals surface area contributed by atoms with Crippen LogP contribution in [0.15, 0.2) is 58.1 Å². The lowest BCUT2D eigenvalue weighted by Crippen LogP contribution is -2.44. The van der Waals surface area contributed by atoms with Crippen LogP contribution in [-0.2, 0) is 46.0 Å². The maximum Gasteiger partial charge on any atom is 0.407 e. The van der Waals surface area contributed by atoms with Gasteiger partial charge in [0.1, 0.15) is 30.0 Å². The molecule has 63 heavy (non-hydrogen) atoms. The summed E-state index contributed by atoms with van der Waals surface area (Å²) in [6.07, 6.45) is 0.158. The number of rotatable bonds is 7. The van der Waals surface area contributed by atoms with E-state index in [1.54, 1.807) is 37.5 Å². The van der Waals surface area contributed by atoms with E-state index >= 15 is 4.39 Å². The summed E-state index contributed by atoms with van der Waals surface area (Å²) in [6, 6.07) is 12.8. The van der Waals surface area contributed by atoms with Gasteiger partial charge in [-0.2, -0.15) is 5.10 Å². The van der Waals surface area contributed by atoms with Crippen molar-refractivity contribution in [1.29, 1.82) is 0 Å². The van der Waals surface area contributed by atoms with Crippen LogP contribution < -0.4 is 16.6 Å². The number of nitrogens with zero attached hydrogens (tertiary/aromatic N) is 5. The standard InChI is InChI=1S/C46H42FN7O9/c1-4-46(61)30-12-34-39-28(18-53(34)42(57)29(30)19-62-43(46)58)38-32(10-9-24-21(3)31(47)13-33(48-39)37(24)38)49-45(60)63-40-26-16-52(17-27(26)40)15-22-5-7-23(8-6-22)54-41(50-51-44(54)59)25-11-20(2)35(55)14-36(25)56/h5-8,11-14,26-27,32,40,55-56,61H,4,9-10,15-19H2,1-3H3,(H,49,60)(H,51,59)/t26?,27?,32?,40?,46-/m0/s1. The molecule has 0 spiro atoms. The van der Waals surface area contributed by atoms with Gasteiger partial charge >= 0.3 is 17.8 Å². The molecule has 6 aromatic rings. The number of phenolic OH excluding ortho intramolecular Hbond substituents is 2. The smallest absolute Gasteiger partial charge is 0.407 e. The molecule has 3 aliphatic heterocycles.